The van der Waals surface area contributed by atoms with Crippen LogP contribution in [0.1, 0.15) is 63.2 Å². The highest BCUT2D eigenvalue weighted by atomic mass is 35.5. The lowest BCUT2D eigenvalue weighted by Gasteiger charge is -2.35. The highest BCUT2D eigenvalue weighted by molar-refractivity contribution is 6.32. The SMILES string of the molecule is CC(C)(C)C[C@]1(c2ccc(-c3cnn(C(F)F)c3)cc2)NC(=N)N([C@H](COC(=O)Nc2ccccn2)c2ccc(Cl)c(-n3ncnc3C(F)F)c2)C1=O. The normalized spacial score (nSPS) is 16.7. The standard InChI is InChI=1S/C35H33ClF4N10O3/c1-34(2,3)18-35(23-10-7-20(8-11-23)22-15-44-48(16-22)31(39)40)30(51)49(32(41)47-35)26(17-53-33(52)46-27-6-4-5-13-42-27)21-9-12-24(36)25(14-21)50-29(28(37)38)43-19-45-50/h4-16,19,26,28,31H,17-18H2,1-3H3,(H2,41,47)(H,42,46,52)/t26-,35-/m1/s1. The average Bonchev–Trinajstić information content (AvgIpc) is 3.85. The number of carbonyl (C=O) groups is 2. The Kier molecular flexibility index (Phi) is 10.2. The van der Waals surface area contributed by atoms with Crippen molar-refractivity contribution in [1.29, 1.82) is 5.41 Å². The van der Waals surface area contributed by atoms with Crippen LogP contribution in [0.15, 0.2) is 85.6 Å². The van der Waals surface area contributed by atoms with Crippen molar-refractivity contribution in [2.24, 2.45) is 5.41 Å². The van der Waals surface area contributed by atoms with Gasteiger partial charge in [-0.05, 0) is 52.8 Å². The van der Waals surface area contributed by atoms with Crippen molar-refractivity contribution in [2.75, 3.05) is 11.9 Å². The number of nitrogens with zero attached hydrogens (tertiary/aromatic N) is 7. The van der Waals surface area contributed by atoms with E-state index in [1.165, 1.54) is 36.8 Å². The fraction of sp³-hybridized carbons (Fsp3) is 0.286. The van der Waals surface area contributed by atoms with Gasteiger partial charge in [0.05, 0.1) is 22.9 Å². The van der Waals surface area contributed by atoms with Crippen LogP contribution in [-0.4, -0.2) is 59.0 Å². The van der Waals surface area contributed by atoms with Gasteiger partial charge in [-0.2, -0.15) is 19.0 Å². The summed E-state index contributed by atoms with van der Waals surface area (Å²) in [4.78, 5) is 36.7. The lowest BCUT2D eigenvalue weighted by atomic mass is 9.75. The Morgan fingerprint density at radius 1 is 1.04 bits per heavy atom. The summed E-state index contributed by atoms with van der Waals surface area (Å²) in [5, 5.41) is 22.4. The van der Waals surface area contributed by atoms with E-state index in [-0.39, 0.29) is 34.5 Å². The van der Waals surface area contributed by atoms with Crippen molar-refractivity contribution in [1.82, 2.24) is 39.7 Å². The summed E-state index contributed by atoms with van der Waals surface area (Å²) >= 11 is 6.46. The molecule has 1 aliphatic heterocycles. The number of nitrogens with one attached hydrogen (secondary N) is 3. The van der Waals surface area contributed by atoms with Crippen LogP contribution in [0.4, 0.5) is 28.2 Å². The molecular formula is C35H33ClF4N10O3. The zero-order valence-electron chi connectivity index (χ0n) is 28.5. The number of ether oxygens (including phenoxy) is 1. The number of guanidine groups is 1. The molecule has 18 heteroatoms. The van der Waals surface area contributed by atoms with Gasteiger partial charge in [0.25, 0.3) is 12.3 Å². The molecule has 6 rings (SSSR count). The van der Waals surface area contributed by atoms with E-state index in [1.54, 1.807) is 42.5 Å². The maximum Gasteiger partial charge on any atom is 0.412 e. The van der Waals surface area contributed by atoms with E-state index < -0.39 is 54.4 Å². The summed E-state index contributed by atoms with van der Waals surface area (Å²) in [7, 11) is 0. The van der Waals surface area contributed by atoms with Crippen molar-refractivity contribution in [3.8, 4) is 16.8 Å². The number of aromatic nitrogens is 6. The van der Waals surface area contributed by atoms with Gasteiger partial charge < -0.3 is 10.1 Å². The largest absolute Gasteiger partial charge is 0.447 e. The van der Waals surface area contributed by atoms with Crippen molar-refractivity contribution in [2.45, 2.75) is 51.7 Å². The van der Waals surface area contributed by atoms with Crippen LogP contribution >= 0.6 is 11.6 Å². The number of pyridine rings is 1. The number of hydrogen-bond donors (Lipinski definition) is 3. The van der Waals surface area contributed by atoms with Crippen LogP contribution in [0.2, 0.25) is 5.02 Å². The zero-order chi connectivity index (χ0) is 38.1. The van der Waals surface area contributed by atoms with E-state index in [9.17, 15) is 27.2 Å². The minimum atomic E-state index is -2.99. The molecule has 5 aromatic rings. The number of carbonyl (C=O) groups excluding carboxylic acids is 2. The fourth-order valence-electron chi connectivity index (χ4n) is 6.21. The summed E-state index contributed by atoms with van der Waals surface area (Å²) in [5.41, 5.74) is -0.247. The molecule has 4 heterocycles. The van der Waals surface area contributed by atoms with Gasteiger partial charge in [0.2, 0.25) is 0 Å². The molecule has 2 amide bonds. The van der Waals surface area contributed by atoms with Crippen molar-refractivity contribution in [3.05, 3.63) is 108 Å². The fourth-order valence-corrected chi connectivity index (χ4v) is 6.41. The molecule has 2 atom stereocenters. The summed E-state index contributed by atoms with van der Waals surface area (Å²) < 4.78 is 61.1. The second-order valence-corrected chi connectivity index (χ2v) is 13.8. The lowest BCUT2D eigenvalue weighted by molar-refractivity contribution is -0.134. The number of anilines is 1. The van der Waals surface area contributed by atoms with Gasteiger partial charge in [-0.15, -0.1) is 0 Å². The van der Waals surface area contributed by atoms with Crippen LogP contribution < -0.4 is 10.6 Å². The molecule has 2 aromatic carbocycles. The maximum absolute atomic E-state index is 14.9. The molecule has 1 fully saturated rings. The van der Waals surface area contributed by atoms with Crippen LogP contribution in [0.25, 0.3) is 16.8 Å². The first-order valence-corrected chi connectivity index (χ1v) is 16.5. The first-order chi connectivity index (χ1) is 25.2. The third-order valence-corrected chi connectivity index (χ3v) is 8.72. The van der Waals surface area contributed by atoms with E-state index in [0.717, 1.165) is 15.9 Å². The predicted octanol–water partition coefficient (Wildman–Crippen LogP) is 7.50. The molecule has 1 aliphatic rings. The number of halogens is 5. The highest BCUT2D eigenvalue weighted by Gasteiger charge is 2.54. The molecular weight excluding hydrogens is 720 g/mol. The second kappa shape index (κ2) is 14.7. The Morgan fingerprint density at radius 3 is 2.43 bits per heavy atom. The summed E-state index contributed by atoms with van der Waals surface area (Å²) in [6, 6.07) is 14.7. The molecule has 0 saturated carbocycles. The quantitative estimate of drug-likeness (QED) is 0.117. The number of hydrogen-bond acceptors (Lipinski definition) is 8. The molecule has 1 saturated heterocycles. The maximum atomic E-state index is 14.9. The average molecular weight is 753 g/mol. The van der Waals surface area contributed by atoms with Crippen LogP contribution in [-0.2, 0) is 15.1 Å². The van der Waals surface area contributed by atoms with Crippen LogP contribution in [0.5, 0.6) is 0 Å². The smallest absolute Gasteiger partial charge is 0.412 e. The Bertz CT molecular complexity index is 2120. The van der Waals surface area contributed by atoms with Gasteiger partial charge in [0.1, 0.15) is 24.3 Å². The van der Waals surface area contributed by atoms with E-state index in [1.807, 2.05) is 20.8 Å². The third kappa shape index (κ3) is 7.69. The van der Waals surface area contributed by atoms with Crippen LogP contribution in [0, 0.1) is 10.8 Å². The summed E-state index contributed by atoms with van der Waals surface area (Å²) in [6.07, 6.45) is 1.23. The predicted molar refractivity (Wildman–Crippen MR) is 186 cm³/mol. The van der Waals surface area contributed by atoms with Gasteiger partial charge in [-0.3, -0.25) is 20.4 Å². The minimum absolute atomic E-state index is 0.0118. The topological polar surface area (TPSA) is 156 Å². The van der Waals surface area contributed by atoms with Gasteiger partial charge in [0, 0.05) is 18.0 Å². The summed E-state index contributed by atoms with van der Waals surface area (Å²) in [6.45, 7) is 2.47. The van der Waals surface area contributed by atoms with E-state index in [4.69, 9.17) is 21.7 Å². The zero-order valence-corrected chi connectivity index (χ0v) is 29.2. The van der Waals surface area contributed by atoms with Crippen LogP contribution in [0.3, 0.4) is 0 Å². The molecule has 13 nitrogen and oxygen atoms in total. The first kappa shape index (κ1) is 36.9. The molecule has 0 unspecified atom stereocenters. The Morgan fingerprint density at radius 2 is 1.79 bits per heavy atom. The first-order valence-electron chi connectivity index (χ1n) is 16.1. The molecule has 0 radical (unpaired) electrons. The minimum Gasteiger partial charge on any atom is -0.447 e. The molecule has 0 spiro atoms. The van der Waals surface area contributed by atoms with Gasteiger partial charge in [-0.25, -0.2) is 32.9 Å². The number of rotatable bonds is 11. The van der Waals surface area contributed by atoms with E-state index in [0.29, 0.717) is 21.4 Å². The van der Waals surface area contributed by atoms with Gasteiger partial charge >= 0.3 is 12.6 Å². The summed E-state index contributed by atoms with van der Waals surface area (Å²) in [5.74, 6) is -1.37. The van der Waals surface area contributed by atoms with Crippen molar-refractivity contribution in [3.63, 3.8) is 0 Å². The van der Waals surface area contributed by atoms with Crippen molar-refractivity contribution >= 4 is 35.4 Å². The van der Waals surface area contributed by atoms with Gasteiger partial charge in [-0.1, -0.05) is 68.8 Å². The molecule has 0 bridgehead atoms. The van der Waals surface area contributed by atoms with E-state index in [2.05, 4.69) is 30.8 Å². The number of amides is 2. The monoisotopic (exact) mass is 752 g/mol. The third-order valence-electron chi connectivity index (χ3n) is 8.40. The molecule has 0 aliphatic carbocycles. The molecule has 276 valence electrons. The molecule has 3 N–H and O–H groups in total. The second-order valence-electron chi connectivity index (χ2n) is 13.4. The Balaban J connectivity index is 1.40. The Labute approximate surface area is 305 Å². The molecule has 53 heavy (non-hydrogen) atoms. The lowest BCUT2D eigenvalue weighted by Crippen LogP contribution is -2.47. The Hall–Kier alpha value is -5.84. The highest BCUT2D eigenvalue weighted by Crippen LogP contribution is 2.43. The molecule has 3 aromatic heterocycles. The number of benzene rings is 2. The van der Waals surface area contributed by atoms with Gasteiger partial charge in [0.15, 0.2) is 11.8 Å². The van der Waals surface area contributed by atoms with Crippen molar-refractivity contribution < 1.29 is 31.9 Å². The van der Waals surface area contributed by atoms with E-state index >= 15 is 0 Å². The number of alkyl halides is 4.